The van der Waals surface area contributed by atoms with E-state index in [4.69, 9.17) is 0 Å². The van der Waals surface area contributed by atoms with Crippen LogP contribution in [0, 0.1) is 13.8 Å². The number of hydrogen-bond donors (Lipinski definition) is 2. The van der Waals surface area contributed by atoms with E-state index in [2.05, 4.69) is 57.6 Å². The molecule has 6 nitrogen and oxygen atoms in total. The van der Waals surface area contributed by atoms with Gasteiger partial charge in [-0.1, -0.05) is 6.07 Å². The Morgan fingerprint density at radius 1 is 0.952 bits per heavy atom. The van der Waals surface area contributed by atoms with Gasteiger partial charge in [0.25, 0.3) is 0 Å². The standard InChI is InChI=1S/C15H22N6/c1-6-16-13-18-14(20-15(19-13)21(4)5)17-12-8-10(2)7-11(3)9-12/h7-9H,6H2,1-5H3,(H2,16,17,18,19,20). The van der Waals surface area contributed by atoms with Crippen molar-refractivity contribution in [2.75, 3.05) is 36.2 Å². The highest BCUT2D eigenvalue weighted by Gasteiger charge is 2.08. The molecule has 1 aromatic heterocycles. The Morgan fingerprint density at radius 2 is 1.57 bits per heavy atom. The van der Waals surface area contributed by atoms with Crippen LogP contribution in [0.15, 0.2) is 18.2 Å². The van der Waals surface area contributed by atoms with Crippen LogP contribution in [0.25, 0.3) is 0 Å². The van der Waals surface area contributed by atoms with Crippen molar-refractivity contribution in [3.63, 3.8) is 0 Å². The fourth-order valence-corrected chi connectivity index (χ4v) is 2.03. The number of anilines is 4. The quantitative estimate of drug-likeness (QED) is 0.881. The van der Waals surface area contributed by atoms with Crippen LogP contribution in [0.1, 0.15) is 18.1 Å². The molecule has 0 radical (unpaired) electrons. The lowest BCUT2D eigenvalue weighted by Gasteiger charge is -2.14. The Morgan fingerprint density at radius 3 is 2.14 bits per heavy atom. The smallest absolute Gasteiger partial charge is 0.233 e. The molecule has 1 aromatic carbocycles. The maximum absolute atomic E-state index is 4.42. The van der Waals surface area contributed by atoms with Crippen LogP contribution in [0.4, 0.5) is 23.5 Å². The molecule has 0 bridgehead atoms. The molecule has 0 saturated heterocycles. The molecule has 2 rings (SSSR count). The molecule has 0 amide bonds. The number of nitrogens with zero attached hydrogens (tertiary/aromatic N) is 4. The molecule has 0 spiro atoms. The second kappa shape index (κ2) is 6.39. The zero-order chi connectivity index (χ0) is 15.4. The van der Waals surface area contributed by atoms with Crippen LogP contribution in [-0.4, -0.2) is 35.6 Å². The first-order valence-electron chi connectivity index (χ1n) is 7.00. The van der Waals surface area contributed by atoms with Crippen LogP contribution in [0.3, 0.4) is 0 Å². The predicted molar refractivity (Wildman–Crippen MR) is 87.5 cm³/mol. The van der Waals surface area contributed by atoms with E-state index in [1.807, 2.05) is 25.9 Å². The van der Waals surface area contributed by atoms with Gasteiger partial charge in [0.15, 0.2) is 0 Å². The summed E-state index contributed by atoms with van der Waals surface area (Å²) in [5, 5.41) is 6.37. The van der Waals surface area contributed by atoms with Gasteiger partial charge in [0, 0.05) is 26.3 Å². The maximum Gasteiger partial charge on any atom is 0.233 e. The van der Waals surface area contributed by atoms with Crippen LogP contribution in [0.2, 0.25) is 0 Å². The third-order valence-corrected chi connectivity index (χ3v) is 2.84. The number of hydrogen-bond acceptors (Lipinski definition) is 6. The van der Waals surface area contributed by atoms with Gasteiger partial charge in [0.1, 0.15) is 0 Å². The molecule has 0 saturated carbocycles. The summed E-state index contributed by atoms with van der Waals surface area (Å²) >= 11 is 0. The molecule has 0 aliphatic carbocycles. The van der Waals surface area contributed by atoms with Crippen molar-refractivity contribution < 1.29 is 0 Å². The van der Waals surface area contributed by atoms with Gasteiger partial charge >= 0.3 is 0 Å². The lowest BCUT2D eigenvalue weighted by Crippen LogP contribution is -2.16. The zero-order valence-corrected chi connectivity index (χ0v) is 13.2. The molecular formula is C15H22N6. The Bertz CT molecular complexity index is 603. The third-order valence-electron chi connectivity index (χ3n) is 2.84. The monoisotopic (exact) mass is 286 g/mol. The largest absolute Gasteiger partial charge is 0.354 e. The molecule has 0 fully saturated rings. The van der Waals surface area contributed by atoms with Crippen molar-refractivity contribution in [3.8, 4) is 0 Å². The average Bonchev–Trinajstić information content (AvgIpc) is 2.37. The number of aromatic nitrogens is 3. The van der Waals surface area contributed by atoms with Crippen LogP contribution < -0.4 is 15.5 Å². The summed E-state index contributed by atoms with van der Waals surface area (Å²) in [5.41, 5.74) is 3.38. The lowest BCUT2D eigenvalue weighted by molar-refractivity contribution is 0.953. The van der Waals surface area contributed by atoms with E-state index >= 15 is 0 Å². The molecule has 0 atom stereocenters. The van der Waals surface area contributed by atoms with Gasteiger partial charge in [0.05, 0.1) is 0 Å². The molecule has 0 unspecified atom stereocenters. The van der Waals surface area contributed by atoms with Crippen molar-refractivity contribution in [1.82, 2.24) is 15.0 Å². The van der Waals surface area contributed by atoms with E-state index < -0.39 is 0 Å². The van der Waals surface area contributed by atoms with E-state index in [0.29, 0.717) is 17.8 Å². The van der Waals surface area contributed by atoms with Gasteiger partial charge in [-0.3, -0.25) is 0 Å². The number of benzene rings is 1. The second-order valence-corrected chi connectivity index (χ2v) is 5.21. The van der Waals surface area contributed by atoms with E-state index in [9.17, 15) is 0 Å². The topological polar surface area (TPSA) is 66.0 Å². The summed E-state index contributed by atoms with van der Waals surface area (Å²) in [7, 11) is 3.82. The molecule has 0 aliphatic rings. The molecule has 2 aromatic rings. The lowest BCUT2D eigenvalue weighted by atomic mass is 10.1. The first-order chi connectivity index (χ1) is 9.97. The average molecular weight is 286 g/mol. The van der Waals surface area contributed by atoms with Crippen molar-refractivity contribution >= 4 is 23.5 Å². The molecular weight excluding hydrogens is 264 g/mol. The Kier molecular flexibility index (Phi) is 4.57. The second-order valence-electron chi connectivity index (χ2n) is 5.21. The summed E-state index contributed by atoms with van der Waals surface area (Å²) < 4.78 is 0. The molecule has 6 heteroatoms. The minimum absolute atomic E-state index is 0.537. The van der Waals surface area contributed by atoms with Crippen LogP contribution in [-0.2, 0) is 0 Å². The Balaban J connectivity index is 2.33. The summed E-state index contributed by atoms with van der Waals surface area (Å²) in [5.74, 6) is 1.73. The first-order valence-corrected chi connectivity index (χ1v) is 7.00. The molecule has 2 N–H and O–H groups in total. The summed E-state index contributed by atoms with van der Waals surface area (Å²) in [6.45, 7) is 6.91. The molecule has 0 aliphatic heterocycles. The highest BCUT2D eigenvalue weighted by molar-refractivity contribution is 5.57. The van der Waals surface area contributed by atoms with Crippen molar-refractivity contribution in [2.45, 2.75) is 20.8 Å². The van der Waals surface area contributed by atoms with E-state index in [1.165, 1.54) is 11.1 Å². The summed E-state index contributed by atoms with van der Waals surface area (Å²) in [6.07, 6.45) is 0. The van der Waals surface area contributed by atoms with Gasteiger partial charge < -0.3 is 15.5 Å². The minimum atomic E-state index is 0.537. The Labute approximate surface area is 125 Å². The van der Waals surface area contributed by atoms with Gasteiger partial charge in [-0.15, -0.1) is 0 Å². The molecule has 112 valence electrons. The van der Waals surface area contributed by atoms with E-state index in [-0.39, 0.29) is 0 Å². The minimum Gasteiger partial charge on any atom is -0.354 e. The van der Waals surface area contributed by atoms with Gasteiger partial charge in [-0.05, 0) is 44.0 Å². The van der Waals surface area contributed by atoms with Crippen molar-refractivity contribution in [3.05, 3.63) is 29.3 Å². The molecule has 1 heterocycles. The van der Waals surface area contributed by atoms with Crippen LogP contribution >= 0.6 is 0 Å². The van der Waals surface area contributed by atoms with Gasteiger partial charge in [-0.2, -0.15) is 15.0 Å². The highest BCUT2D eigenvalue weighted by Crippen LogP contribution is 2.19. The number of nitrogens with one attached hydrogen (secondary N) is 2. The van der Waals surface area contributed by atoms with Gasteiger partial charge in [-0.25, -0.2) is 0 Å². The van der Waals surface area contributed by atoms with Gasteiger partial charge in [0.2, 0.25) is 17.8 Å². The molecule has 21 heavy (non-hydrogen) atoms. The first kappa shape index (κ1) is 15.0. The third kappa shape index (κ3) is 4.05. The summed E-state index contributed by atoms with van der Waals surface area (Å²) in [6, 6.07) is 6.27. The highest BCUT2D eigenvalue weighted by atomic mass is 15.3. The van der Waals surface area contributed by atoms with Crippen molar-refractivity contribution in [2.24, 2.45) is 0 Å². The van der Waals surface area contributed by atoms with Crippen molar-refractivity contribution in [1.29, 1.82) is 0 Å². The fourth-order valence-electron chi connectivity index (χ4n) is 2.03. The SMILES string of the molecule is CCNc1nc(Nc2cc(C)cc(C)c2)nc(N(C)C)n1. The maximum atomic E-state index is 4.42. The number of aryl methyl sites for hydroxylation is 2. The van der Waals surface area contributed by atoms with E-state index in [1.54, 1.807) is 0 Å². The number of rotatable bonds is 5. The van der Waals surface area contributed by atoms with Crippen LogP contribution in [0.5, 0.6) is 0 Å². The summed E-state index contributed by atoms with van der Waals surface area (Å²) in [4.78, 5) is 15.0. The van der Waals surface area contributed by atoms with E-state index in [0.717, 1.165) is 12.2 Å². The fraction of sp³-hybridized carbons (Fsp3) is 0.400. The Hall–Kier alpha value is -2.37. The zero-order valence-electron chi connectivity index (χ0n) is 13.2. The normalized spacial score (nSPS) is 10.3. The predicted octanol–water partition coefficient (Wildman–Crippen LogP) is 2.73.